The van der Waals surface area contributed by atoms with Gasteiger partial charge < -0.3 is 9.72 Å². The normalized spacial score (nSPS) is 11.6. The Hall–Kier alpha value is -2.64. The van der Waals surface area contributed by atoms with Gasteiger partial charge in [-0.1, -0.05) is 18.2 Å². The number of rotatable bonds is 5. The first kappa shape index (κ1) is 17.2. The zero-order valence-electron chi connectivity index (χ0n) is 13.9. The average molecular weight is 358 g/mol. The zero-order valence-corrected chi connectivity index (χ0v) is 14.7. The largest absolute Gasteiger partial charge is 0.497 e. The molecule has 0 saturated carbocycles. The Morgan fingerprint density at radius 1 is 1.12 bits per heavy atom. The number of fused-ring (bicyclic) bond motifs is 1. The lowest BCUT2D eigenvalue weighted by Crippen LogP contribution is -2.27. The van der Waals surface area contributed by atoms with Crippen molar-refractivity contribution in [2.24, 2.45) is 0 Å². The molecule has 130 valence electrons. The predicted octanol–water partition coefficient (Wildman–Crippen LogP) is 2.32. The molecule has 2 N–H and O–H groups in total. The van der Waals surface area contributed by atoms with Crippen molar-refractivity contribution in [2.75, 3.05) is 7.11 Å². The van der Waals surface area contributed by atoms with Gasteiger partial charge in [-0.25, -0.2) is 13.1 Å². The quantitative estimate of drug-likeness (QED) is 0.733. The van der Waals surface area contributed by atoms with Gasteiger partial charge in [-0.2, -0.15) is 0 Å². The minimum absolute atomic E-state index is 0.0981. The van der Waals surface area contributed by atoms with E-state index >= 15 is 0 Å². The van der Waals surface area contributed by atoms with E-state index < -0.39 is 10.0 Å². The first-order valence-electron chi connectivity index (χ1n) is 7.66. The van der Waals surface area contributed by atoms with Crippen LogP contribution < -0.4 is 15.0 Å². The molecule has 1 aromatic heterocycles. The number of methoxy groups -OCH3 is 1. The smallest absolute Gasteiger partial charge is 0.252 e. The number of nitrogens with one attached hydrogen (secondary N) is 2. The summed E-state index contributed by atoms with van der Waals surface area (Å²) in [6, 6.07) is 13.6. The summed E-state index contributed by atoms with van der Waals surface area (Å²) in [6.45, 7) is 1.63. The van der Waals surface area contributed by atoms with Crippen LogP contribution in [-0.2, 0) is 16.6 Å². The van der Waals surface area contributed by atoms with Crippen LogP contribution in [0.3, 0.4) is 0 Å². The number of benzene rings is 2. The van der Waals surface area contributed by atoms with Gasteiger partial charge in [0.2, 0.25) is 10.0 Å². The molecule has 0 aliphatic heterocycles. The third-order valence-electron chi connectivity index (χ3n) is 3.96. The molecular weight excluding hydrogens is 340 g/mol. The number of H-pyrrole nitrogens is 1. The molecule has 0 unspecified atom stereocenters. The molecule has 0 aliphatic rings. The van der Waals surface area contributed by atoms with E-state index in [1.165, 1.54) is 6.07 Å². The number of sulfonamides is 1. The molecule has 0 aliphatic carbocycles. The van der Waals surface area contributed by atoms with E-state index in [1.807, 2.05) is 0 Å². The summed E-state index contributed by atoms with van der Waals surface area (Å²) in [4.78, 5) is 15.1. The molecule has 6 nitrogen and oxygen atoms in total. The fourth-order valence-electron chi connectivity index (χ4n) is 2.60. The van der Waals surface area contributed by atoms with Gasteiger partial charge in [0.1, 0.15) is 5.75 Å². The Morgan fingerprint density at radius 3 is 2.60 bits per heavy atom. The van der Waals surface area contributed by atoms with Crippen LogP contribution in [0, 0.1) is 6.92 Å². The number of aromatic nitrogens is 1. The van der Waals surface area contributed by atoms with Crippen LogP contribution in [0.4, 0.5) is 0 Å². The van der Waals surface area contributed by atoms with E-state index in [9.17, 15) is 13.2 Å². The average Bonchev–Trinajstić information content (AvgIpc) is 2.59. The van der Waals surface area contributed by atoms with Gasteiger partial charge in [-0.15, -0.1) is 0 Å². The van der Waals surface area contributed by atoms with Crippen molar-refractivity contribution >= 4 is 20.9 Å². The summed E-state index contributed by atoms with van der Waals surface area (Å²) in [5, 5.41) is 0.768. The lowest BCUT2D eigenvalue weighted by atomic mass is 10.1. The number of ether oxygens (including phenoxy) is 1. The molecule has 2 aromatic carbocycles. The lowest BCUT2D eigenvalue weighted by Gasteiger charge is -2.09. The predicted molar refractivity (Wildman–Crippen MR) is 96.3 cm³/mol. The molecule has 0 bridgehead atoms. The maximum Gasteiger partial charge on any atom is 0.252 e. The summed E-state index contributed by atoms with van der Waals surface area (Å²) in [5.74, 6) is 0.658. The second-order valence-electron chi connectivity index (χ2n) is 5.67. The number of hydrogen-bond acceptors (Lipinski definition) is 4. The fourth-order valence-corrected chi connectivity index (χ4v) is 3.85. The standard InChI is InChI=1S/C18H18N2O4S/c1-12-5-3-4-6-17(12)25(22,23)19-11-14-9-13-10-15(24-2)7-8-16(13)20-18(14)21/h3-10,19H,11H2,1-2H3,(H,20,21). The second kappa shape index (κ2) is 6.70. The molecule has 0 spiro atoms. The molecule has 7 heteroatoms. The zero-order chi connectivity index (χ0) is 18.0. The van der Waals surface area contributed by atoms with Crippen LogP contribution in [0.25, 0.3) is 10.9 Å². The molecule has 3 rings (SSSR count). The molecule has 0 atom stereocenters. The highest BCUT2D eigenvalue weighted by molar-refractivity contribution is 7.89. The summed E-state index contributed by atoms with van der Waals surface area (Å²) < 4.78 is 32.6. The monoisotopic (exact) mass is 358 g/mol. The van der Waals surface area contributed by atoms with E-state index in [0.717, 1.165) is 5.39 Å². The Labute approximate surface area is 145 Å². The molecular formula is C18H18N2O4S. The van der Waals surface area contributed by atoms with Crippen molar-refractivity contribution in [3.63, 3.8) is 0 Å². The maximum atomic E-state index is 12.5. The van der Waals surface area contributed by atoms with E-state index in [4.69, 9.17) is 4.74 Å². The lowest BCUT2D eigenvalue weighted by molar-refractivity contribution is 0.415. The summed E-state index contributed by atoms with van der Waals surface area (Å²) in [6.07, 6.45) is 0. The maximum absolute atomic E-state index is 12.5. The van der Waals surface area contributed by atoms with E-state index in [1.54, 1.807) is 56.5 Å². The Bertz CT molecular complexity index is 1090. The molecule has 0 fully saturated rings. The first-order valence-corrected chi connectivity index (χ1v) is 9.14. The number of pyridine rings is 1. The van der Waals surface area contributed by atoms with Crippen molar-refractivity contribution in [3.05, 3.63) is 70.0 Å². The van der Waals surface area contributed by atoms with Gasteiger partial charge in [0.25, 0.3) is 5.56 Å². The number of aromatic amines is 1. The minimum atomic E-state index is -3.70. The molecule has 1 heterocycles. The van der Waals surface area contributed by atoms with Crippen LogP contribution in [0.2, 0.25) is 0 Å². The highest BCUT2D eigenvalue weighted by Gasteiger charge is 2.16. The van der Waals surface area contributed by atoms with Gasteiger partial charge in [-0.05, 0) is 42.8 Å². The topological polar surface area (TPSA) is 88.3 Å². The molecule has 0 saturated heterocycles. The van der Waals surface area contributed by atoms with Crippen molar-refractivity contribution in [3.8, 4) is 5.75 Å². The molecule has 3 aromatic rings. The van der Waals surface area contributed by atoms with Crippen molar-refractivity contribution in [2.45, 2.75) is 18.4 Å². The third kappa shape index (κ3) is 3.57. The van der Waals surface area contributed by atoms with Crippen LogP contribution in [0.5, 0.6) is 5.75 Å². The van der Waals surface area contributed by atoms with Crippen LogP contribution in [-0.4, -0.2) is 20.5 Å². The fraction of sp³-hybridized carbons (Fsp3) is 0.167. The van der Waals surface area contributed by atoms with Crippen LogP contribution >= 0.6 is 0 Å². The van der Waals surface area contributed by atoms with Gasteiger partial charge >= 0.3 is 0 Å². The van der Waals surface area contributed by atoms with Crippen molar-refractivity contribution in [1.29, 1.82) is 0 Å². The second-order valence-corrected chi connectivity index (χ2v) is 7.40. The Kier molecular flexibility index (Phi) is 4.61. The van der Waals surface area contributed by atoms with Crippen molar-refractivity contribution in [1.82, 2.24) is 9.71 Å². The number of aryl methyl sites for hydroxylation is 1. The molecule has 25 heavy (non-hydrogen) atoms. The van der Waals surface area contributed by atoms with Crippen LogP contribution in [0.15, 0.2) is 58.2 Å². The van der Waals surface area contributed by atoms with E-state index in [2.05, 4.69) is 9.71 Å². The van der Waals surface area contributed by atoms with E-state index in [0.29, 0.717) is 22.4 Å². The summed E-state index contributed by atoms with van der Waals surface area (Å²) >= 11 is 0. The third-order valence-corrected chi connectivity index (χ3v) is 5.53. The SMILES string of the molecule is COc1ccc2[nH]c(=O)c(CNS(=O)(=O)c3ccccc3C)cc2c1. The Balaban J connectivity index is 1.91. The van der Waals surface area contributed by atoms with Crippen molar-refractivity contribution < 1.29 is 13.2 Å². The highest BCUT2D eigenvalue weighted by atomic mass is 32.2. The first-order chi connectivity index (χ1) is 11.9. The van der Waals surface area contributed by atoms with Crippen LogP contribution in [0.1, 0.15) is 11.1 Å². The minimum Gasteiger partial charge on any atom is -0.497 e. The summed E-state index contributed by atoms with van der Waals surface area (Å²) in [7, 11) is -2.14. The molecule has 0 amide bonds. The van der Waals surface area contributed by atoms with Gasteiger partial charge in [0, 0.05) is 23.0 Å². The number of hydrogen-bond donors (Lipinski definition) is 2. The molecule has 0 radical (unpaired) electrons. The highest BCUT2D eigenvalue weighted by Crippen LogP contribution is 2.19. The van der Waals surface area contributed by atoms with Gasteiger partial charge in [-0.3, -0.25) is 4.79 Å². The Morgan fingerprint density at radius 2 is 1.88 bits per heavy atom. The van der Waals surface area contributed by atoms with E-state index in [-0.39, 0.29) is 17.0 Å². The van der Waals surface area contributed by atoms with Gasteiger partial charge in [0.05, 0.1) is 12.0 Å². The summed E-state index contributed by atoms with van der Waals surface area (Å²) in [5.41, 5.74) is 1.31. The van der Waals surface area contributed by atoms with Gasteiger partial charge in [0.15, 0.2) is 0 Å².